The lowest BCUT2D eigenvalue weighted by Gasteiger charge is -2.26. The maximum Gasteiger partial charge on any atom is 0.347 e. The Labute approximate surface area is 144 Å². The van der Waals surface area contributed by atoms with Gasteiger partial charge >= 0.3 is 17.6 Å². The molecule has 0 bridgehead atoms. The van der Waals surface area contributed by atoms with Crippen molar-refractivity contribution in [2.75, 3.05) is 13.1 Å². The molecule has 0 aliphatic heterocycles. The summed E-state index contributed by atoms with van der Waals surface area (Å²) in [6.07, 6.45) is 2.62. The van der Waals surface area contributed by atoms with Crippen LogP contribution in [0.1, 0.15) is 20.8 Å². The second-order valence-corrected chi connectivity index (χ2v) is 6.34. The smallest absolute Gasteiger partial charge is 0.347 e. The number of aromatic nitrogens is 2. The summed E-state index contributed by atoms with van der Waals surface area (Å²) >= 11 is 0. The van der Waals surface area contributed by atoms with Crippen molar-refractivity contribution in [2.45, 2.75) is 39.0 Å². The van der Waals surface area contributed by atoms with Crippen molar-refractivity contribution in [1.29, 1.82) is 0 Å². The van der Waals surface area contributed by atoms with E-state index in [9.17, 15) is 19.2 Å². The average Bonchev–Trinajstić information content (AvgIpc) is 2.46. The number of hydrogen-bond acceptors (Lipinski definition) is 7. The molecule has 1 aromatic heterocycles. The molecule has 1 atom stereocenters. The number of esters is 1. The molecule has 0 aliphatic rings. The van der Waals surface area contributed by atoms with E-state index in [1.54, 1.807) is 20.8 Å². The average molecular weight is 354 g/mol. The molecule has 0 saturated heterocycles. The van der Waals surface area contributed by atoms with Crippen LogP contribution >= 0.6 is 0 Å². The third-order valence-corrected chi connectivity index (χ3v) is 2.89. The van der Waals surface area contributed by atoms with Gasteiger partial charge in [0.2, 0.25) is 5.91 Å². The summed E-state index contributed by atoms with van der Waals surface area (Å²) in [4.78, 5) is 51.2. The summed E-state index contributed by atoms with van der Waals surface area (Å²) < 4.78 is 6.13. The van der Waals surface area contributed by atoms with Gasteiger partial charge in [0.05, 0.1) is 0 Å². The minimum atomic E-state index is -1.27. The lowest BCUT2D eigenvalue weighted by Crippen LogP contribution is -2.50. The largest absolute Gasteiger partial charge is 0.480 e. The van der Waals surface area contributed by atoms with Crippen molar-refractivity contribution in [2.24, 2.45) is 5.73 Å². The number of amides is 1. The summed E-state index contributed by atoms with van der Waals surface area (Å²) in [5, 5.41) is 8.96. The van der Waals surface area contributed by atoms with Crippen LogP contribution in [0.3, 0.4) is 0 Å². The zero-order valence-corrected chi connectivity index (χ0v) is 14.3. The maximum atomic E-state index is 12.3. The molecule has 0 radical (unpaired) electrons. The molecule has 1 aromatic rings. The van der Waals surface area contributed by atoms with Gasteiger partial charge in [-0.25, -0.2) is 9.78 Å². The van der Waals surface area contributed by atoms with Gasteiger partial charge in [0.25, 0.3) is 0 Å². The molecular formula is C15H22N4O6. The van der Waals surface area contributed by atoms with Crippen LogP contribution in [0, 0.1) is 0 Å². The molecular weight excluding hydrogens is 332 g/mol. The van der Waals surface area contributed by atoms with Gasteiger partial charge in [-0.15, -0.1) is 0 Å². The van der Waals surface area contributed by atoms with Crippen LogP contribution in [0.15, 0.2) is 23.3 Å². The van der Waals surface area contributed by atoms with Crippen molar-refractivity contribution in [3.63, 3.8) is 0 Å². The maximum absolute atomic E-state index is 12.3. The molecule has 10 nitrogen and oxygen atoms in total. The molecule has 138 valence electrons. The molecule has 3 N–H and O–H groups in total. The molecule has 10 heteroatoms. The van der Waals surface area contributed by atoms with Crippen LogP contribution in [-0.2, 0) is 25.7 Å². The number of rotatable bonds is 7. The lowest BCUT2D eigenvalue weighted by molar-refractivity contribution is -0.158. The highest BCUT2D eigenvalue weighted by Crippen LogP contribution is 2.08. The highest BCUT2D eigenvalue weighted by Gasteiger charge is 2.27. The first-order chi connectivity index (χ1) is 11.5. The number of carboxylic acid groups (broad SMARTS) is 1. The quantitative estimate of drug-likeness (QED) is 0.582. The Morgan fingerprint density at radius 2 is 2.04 bits per heavy atom. The van der Waals surface area contributed by atoms with Gasteiger partial charge in [0, 0.05) is 18.9 Å². The van der Waals surface area contributed by atoms with E-state index in [-0.39, 0.29) is 6.54 Å². The number of nitrogens with two attached hydrogens (primary N) is 1. The summed E-state index contributed by atoms with van der Waals surface area (Å²) in [6, 6.07) is 0.246. The summed E-state index contributed by atoms with van der Waals surface area (Å²) in [5.41, 5.74) is 4.30. The number of ether oxygens (including phenoxy) is 1. The van der Waals surface area contributed by atoms with Crippen LogP contribution in [0.4, 0.5) is 0 Å². The lowest BCUT2D eigenvalue weighted by atomic mass is 10.2. The van der Waals surface area contributed by atoms with Crippen LogP contribution in [0.2, 0.25) is 0 Å². The third kappa shape index (κ3) is 7.12. The topological polar surface area (TPSA) is 145 Å². The van der Waals surface area contributed by atoms with Crippen molar-refractivity contribution in [3.05, 3.63) is 28.9 Å². The molecule has 0 spiro atoms. The normalized spacial score (nSPS) is 12.3. The van der Waals surface area contributed by atoms with Gasteiger partial charge in [-0.2, -0.15) is 0 Å². The minimum Gasteiger partial charge on any atom is -0.480 e. The monoisotopic (exact) mass is 354 g/mol. The van der Waals surface area contributed by atoms with E-state index in [0.717, 1.165) is 9.47 Å². The fraction of sp³-hybridized carbons (Fsp3) is 0.533. The Morgan fingerprint density at radius 1 is 1.40 bits per heavy atom. The standard InChI is InChI=1S/C15H22N4O6/c1-15(2,3)25-13(23)10(16)7-19(9-12(21)22)11(20)8-18-6-4-5-17-14(18)24/h4-6,10H,7-9,16H2,1-3H3,(H,21,22). The summed E-state index contributed by atoms with van der Waals surface area (Å²) in [6.45, 7) is 3.55. The van der Waals surface area contributed by atoms with E-state index >= 15 is 0 Å². The van der Waals surface area contributed by atoms with Crippen molar-refractivity contribution in [3.8, 4) is 0 Å². The Hall–Kier alpha value is -2.75. The molecule has 1 heterocycles. The Morgan fingerprint density at radius 3 is 2.56 bits per heavy atom. The van der Waals surface area contributed by atoms with E-state index in [2.05, 4.69) is 4.98 Å². The second kappa shape index (κ2) is 8.38. The number of carbonyl (C=O) groups excluding carboxylic acids is 2. The second-order valence-electron chi connectivity index (χ2n) is 6.34. The zero-order valence-electron chi connectivity index (χ0n) is 14.3. The summed E-state index contributed by atoms with van der Waals surface area (Å²) in [7, 11) is 0. The SMILES string of the molecule is CC(C)(C)OC(=O)C(N)CN(CC(=O)O)C(=O)Cn1cccnc1=O. The summed E-state index contributed by atoms with van der Waals surface area (Å²) in [5.74, 6) is -2.71. The Balaban J connectivity index is 2.84. The molecule has 25 heavy (non-hydrogen) atoms. The molecule has 0 aliphatic carbocycles. The van der Waals surface area contributed by atoms with E-state index in [1.165, 1.54) is 18.5 Å². The van der Waals surface area contributed by atoms with Crippen molar-refractivity contribution < 1.29 is 24.2 Å². The molecule has 1 unspecified atom stereocenters. The first kappa shape index (κ1) is 20.3. The molecule has 1 rings (SSSR count). The highest BCUT2D eigenvalue weighted by molar-refractivity contribution is 5.83. The predicted molar refractivity (Wildman–Crippen MR) is 86.5 cm³/mol. The fourth-order valence-corrected chi connectivity index (χ4v) is 1.86. The van der Waals surface area contributed by atoms with Gasteiger partial charge in [0.15, 0.2) is 0 Å². The van der Waals surface area contributed by atoms with E-state index in [0.29, 0.717) is 0 Å². The number of nitrogens with zero attached hydrogens (tertiary/aromatic N) is 3. The molecule has 0 aromatic carbocycles. The van der Waals surface area contributed by atoms with E-state index in [1.807, 2.05) is 0 Å². The van der Waals surface area contributed by atoms with Gasteiger partial charge in [-0.05, 0) is 26.8 Å². The Kier molecular flexibility index (Phi) is 6.80. The Bertz CT molecular complexity index is 694. The third-order valence-electron chi connectivity index (χ3n) is 2.89. The first-order valence-electron chi connectivity index (χ1n) is 7.49. The predicted octanol–water partition coefficient (Wildman–Crippen LogP) is -1.17. The van der Waals surface area contributed by atoms with Gasteiger partial charge in [-0.1, -0.05) is 0 Å². The molecule has 0 saturated carbocycles. The molecule has 0 fully saturated rings. The minimum absolute atomic E-state index is 0.352. The van der Waals surface area contributed by atoms with Crippen LogP contribution < -0.4 is 11.4 Å². The van der Waals surface area contributed by atoms with Gasteiger partial charge in [-0.3, -0.25) is 19.0 Å². The fourth-order valence-electron chi connectivity index (χ4n) is 1.86. The number of carbonyl (C=O) groups is 3. The number of carboxylic acids is 1. The van der Waals surface area contributed by atoms with Crippen LogP contribution in [0.25, 0.3) is 0 Å². The van der Waals surface area contributed by atoms with Gasteiger partial charge in [0.1, 0.15) is 24.7 Å². The number of hydrogen-bond donors (Lipinski definition) is 2. The highest BCUT2D eigenvalue weighted by atomic mass is 16.6. The van der Waals surface area contributed by atoms with Crippen LogP contribution in [0.5, 0.6) is 0 Å². The van der Waals surface area contributed by atoms with Crippen LogP contribution in [-0.4, -0.2) is 62.1 Å². The first-order valence-corrected chi connectivity index (χ1v) is 7.49. The van der Waals surface area contributed by atoms with E-state index in [4.69, 9.17) is 15.6 Å². The van der Waals surface area contributed by atoms with Crippen molar-refractivity contribution in [1.82, 2.24) is 14.5 Å². The van der Waals surface area contributed by atoms with E-state index < -0.39 is 48.3 Å². The zero-order chi connectivity index (χ0) is 19.2. The van der Waals surface area contributed by atoms with Crippen molar-refractivity contribution >= 4 is 17.8 Å². The molecule has 1 amide bonds. The van der Waals surface area contributed by atoms with Gasteiger partial charge < -0.3 is 20.5 Å². The number of aliphatic carboxylic acids is 1.